The van der Waals surface area contributed by atoms with Crippen molar-refractivity contribution < 1.29 is 9.53 Å². The first kappa shape index (κ1) is 14.5. The summed E-state index contributed by atoms with van der Waals surface area (Å²) in [6, 6.07) is -0.0356. The number of hydrogen-bond donors (Lipinski definition) is 1. The molecule has 4 heteroatoms. The lowest BCUT2D eigenvalue weighted by atomic mass is 9.86. The highest BCUT2D eigenvalue weighted by Gasteiger charge is 2.27. The minimum absolute atomic E-state index is 0.0570. The molecule has 1 aliphatic rings. The van der Waals surface area contributed by atoms with E-state index in [9.17, 15) is 4.79 Å². The first-order chi connectivity index (χ1) is 8.06. The molecular formula is C13H26N2O2. The zero-order chi connectivity index (χ0) is 12.8. The predicted molar refractivity (Wildman–Crippen MR) is 68.7 cm³/mol. The van der Waals surface area contributed by atoms with E-state index in [0.717, 1.165) is 18.8 Å². The zero-order valence-corrected chi connectivity index (χ0v) is 11.3. The van der Waals surface area contributed by atoms with Crippen LogP contribution < -0.4 is 5.73 Å². The maximum absolute atomic E-state index is 12.1. The minimum atomic E-state index is -0.417. The first-order valence-electron chi connectivity index (χ1n) is 6.57. The van der Waals surface area contributed by atoms with Crippen LogP contribution in [0.5, 0.6) is 0 Å². The normalized spacial score (nSPS) is 26.6. The molecule has 1 saturated carbocycles. The average Bonchev–Trinajstić information content (AvgIpc) is 2.35. The topological polar surface area (TPSA) is 55.6 Å². The van der Waals surface area contributed by atoms with Crippen molar-refractivity contribution in [1.29, 1.82) is 0 Å². The molecule has 17 heavy (non-hydrogen) atoms. The SMILES string of the molecule is COCCC(N)C(=O)N(C)C1CCC(C)CC1. The van der Waals surface area contributed by atoms with Crippen LogP contribution >= 0.6 is 0 Å². The Balaban J connectivity index is 2.40. The summed E-state index contributed by atoms with van der Waals surface area (Å²) in [5.74, 6) is 0.860. The minimum Gasteiger partial charge on any atom is -0.385 e. The van der Waals surface area contributed by atoms with Gasteiger partial charge in [0.1, 0.15) is 0 Å². The molecule has 0 aromatic heterocycles. The van der Waals surface area contributed by atoms with Crippen LogP contribution in [0.2, 0.25) is 0 Å². The Morgan fingerprint density at radius 3 is 2.53 bits per heavy atom. The second-order valence-corrected chi connectivity index (χ2v) is 5.25. The highest BCUT2D eigenvalue weighted by molar-refractivity contribution is 5.81. The predicted octanol–water partition coefficient (Wildman–Crippen LogP) is 1.39. The van der Waals surface area contributed by atoms with Gasteiger partial charge in [-0.05, 0) is 38.0 Å². The lowest BCUT2D eigenvalue weighted by molar-refractivity contribution is -0.134. The Hall–Kier alpha value is -0.610. The van der Waals surface area contributed by atoms with Crippen molar-refractivity contribution in [2.24, 2.45) is 11.7 Å². The highest BCUT2D eigenvalue weighted by atomic mass is 16.5. The lowest BCUT2D eigenvalue weighted by Crippen LogP contribution is -2.47. The van der Waals surface area contributed by atoms with Crippen LogP contribution in [0.25, 0.3) is 0 Å². The second kappa shape index (κ2) is 6.97. The zero-order valence-electron chi connectivity index (χ0n) is 11.3. The number of rotatable bonds is 5. The summed E-state index contributed by atoms with van der Waals surface area (Å²) in [6.07, 6.45) is 5.26. The van der Waals surface area contributed by atoms with Gasteiger partial charge >= 0.3 is 0 Å². The Kier molecular flexibility index (Phi) is 5.92. The van der Waals surface area contributed by atoms with E-state index in [1.165, 1.54) is 12.8 Å². The van der Waals surface area contributed by atoms with Crippen molar-refractivity contribution in [3.63, 3.8) is 0 Å². The Bertz CT molecular complexity index is 238. The van der Waals surface area contributed by atoms with E-state index in [-0.39, 0.29) is 5.91 Å². The molecule has 0 spiro atoms. The third-order valence-electron chi connectivity index (χ3n) is 3.83. The number of ether oxygens (including phenoxy) is 1. The van der Waals surface area contributed by atoms with Crippen molar-refractivity contribution in [2.75, 3.05) is 20.8 Å². The van der Waals surface area contributed by atoms with Gasteiger partial charge in [-0.3, -0.25) is 4.79 Å². The quantitative estimate of drug-likeness (QED) is 0.792. The van der Waals surface area contributed by atoms with Gasteiger partial charge in [-0.1, -0.05) is 6.92 Å². The molecule has 1 fully saturated rings. The summed E-state index contributed by atoms with van der Waals surface area (Å²) in [6.45, 7) is 2.82. The molecule has 0 radical (unpaired) electrons. The van der Waals surface area contributed by atoms with E-state index in [1.54, 1.807) is 7.11 Å². The molecule has 0 aromatic carbocycles. The van der Waals surface area contributed by atoms with Crippen molar-refractivity contribution in [1.82, 2.24) is 4.90 Å². The Morgan fingerprint density at radius 2 is 2.00 bits per heavy atom. The molecule has 1 atom stereocenters. The molecule has 0 aliphatic heterocycles. The third-order valence-corrected chi connectivity index (χ3v) is 3.83. The van der Waals surface area contributed by atoms with Gasteiger partial charge in [-0.25, -0.2) is 0 Å². The molecule has 0 saturated heterocycles. The molecule has 1 aliphatic carbocycles. The average molecular weight is 242 g/mol. The molecule has 0 heterocycles. The van der Waals surface area contributed by atoms with E-state index < -0.39 is 6.04 Å². The molecule has 4 nitrogen and oxygen atoms in total. The maximum Gasteiger partial charge on any atom is 0.239 e. The molecule has 1 unspecified atom stereocenters. The van der Waals surface area contributed by atoms with Crippen molar-refractivity contribution in [2.45, 2.75) is 51.1 Å². The standard InChI is InChI=1S/C13H26N2O2/c1-10-4-6-11(7-5-10)15(2)13(16)12(14)8-9-17-3/h10-12H,4-9,14H2,1-3H3. The van der Waals surface area contributed by atoms with Crippen LogP contribution in [-0.2, 0) is 9.53 Å². The molecule has 0 bridgehead atoms. The van der Waals surface area contributed by atoms with Gasteiger partial charge in [0.05, 0.1) is 6.04 Å². The molecule has 1 rings (SSSR count). The molecule has 100 valence electrons. The third kappa shape index (κ3) is 4.28. The Morgan fingerprint density at radius 1 is 1.41 bits per heavy atom. The van der Waals surface area contributed by atoms with Crippen LogP contribution in [0.4, 0.5) is 0 Å². The van der Waals surface area contributed by atoms with Crippen LogP contribution in [0.15, 0.2) is 0 Å². The van der Waals surface area contributed by atoms with E-state index in [0.29, 0.717) is 19.1 Å². The number of carbonyl (C=O) groups is 1. The lowest BCUT2D eigenvalue weighted by Gasteiger charge is -2.34. The summed E-state index contributed by atoms with van der Waals surface area (Å²) in [7, 11) is 3.51. The number of amides is 1. The monoisotopic (exact) mass is 242 g/mol. The fraction of sp³-hybridized carbons (Fsp3) is 0.923. The summed E-state index contributed by atoms with van der Waals surface area (Å²) >= 11 is 0. The van der Waals surface area contributed by atoms with Gasteiger partial charge < -0.3 is 15.4 Å². The number of likely N-dealkylation sites (N-methyl/N-ethyl adjacent to an activating group) is 1. The highest BCUT2D eigenvalue weighted by Crippen LogP contribution is 2.26. The number of carbonyl (C=O) groups excluding carboxylic acids is 1. The van der Waals surface area contributed by atoms with E-state index >= 15 is 0 Å². The Labute approximate surface area is 104 Å². The number of methoxy groups -OCH3 is 1. The van der Waals surface area contributed by atoms with Crippen molar-refractivity contribution >= 4 is 5.91 Å². The van der Waals surface area contributed by atoms with E-state index in [2.05, 4.69) is 6.92 Å². The molecule has 2 N–H and O–H groups in total. The summed E-state index contributed by atoms with van der Waals surface area (Å²) < 4.78 is 4.95. The van der Waals surface area contributed by atoms with E-state index in [1.807, 2.05) is 11.9 Å². The van der Waals surface area contributed by atoms with Gasteiger partial charge in [0.2, 0.25) is 5.91 Å². The summed E-state index contributed by atoms with van der Waals surface area (Å²) in [5, 5.41) is 0. The number of hydrogen-bond acceptors (Lipinski definition) is 3. The van der Waals surface area contributed by atoms with Crippen LogP contribution in [0.3, 0.4) is 0 Å². The van der Waals surface area contributed by atoms with Crippen molar-refractivity contribution in [3.8, 4) is 0 Å². The van der Waals surface area contributed by atoms with Gasteiger partial charge in [-0.15, -0.1) is 0 Å². The second-order valence-electron chi connectivity index (χ2n) is 5.25. The maximum atomic E-state index is 12.1. The first-order valence-corrected chi connectivity index (χ1v) is 6.57. The number of nitrogens with two attached hydrogens (primary N) is 1. The summed E-state index contributed by atoms with van der Waals surface area (Å²) in [5.41, 5.74) is 5.87. The smallest absolute Gasteiger partial charge is 0.239 e. The van der Waals surface area contributed by atoms with Gasteiger partial charge in [0.25, 0.3) is 0 Å². The largest absolute Gasteiger partial charge is 0.385 e. The van der Waals surface area contributed by atoms with Gasteiger partial charge in [-0.2, -0.15) is 0 Å². The fourth-order valence-corrected chi connectivity index (χ4v) is 2.44. The van der Waals surface area contributed by atoms with Gasteiger partial charge in [0.15, 0.2) is 0 Å². The van der Waals surface area contributed by atoms with Gasteiger partial charge in [0, 0.05) is 26.8 Å². The summed E-state index contributed by atoms with van der Waals surface area (Å²) in [4.78, 5) is 13.9. The number of nitrogens with zero attached hydrogens (tertiary/aromatic N) is 1. The van der Waals surface area contributed by atoms with Crippen molar-refractivity contribution in [3.05, 3.63) is 0 Å². The van der Waals surface area contributed by atoms with Crippen LogP contribution in [0.1, 0.15) is 39.0 Å². The molecular weight excluding hydrogens is 216 g/mol. The van der Waals surface area contributed by atoms with Crippen LogP contribution in [0, 0.1) is 5.92 Å². The molecule has 0 aromatic rings. The fourth-order valence-electron chi connectivity index (χ4n) is 2.44. The van der Waals surface area contributed by atoms with E-state index in [4.69, 9.17) is 10.5 Å². The molecule has 1 amide bonds. The van der Waals surface area contributed by atoms with Crippen LogP contribution in [-0.4, -0.2) is 43.7 Å².